The van der Waals surface area contributed by atoms with Crippen molar-refractivity contribution >= 4 is 17.9 Å². The van der Waals surface area contributed by atoms with E-state index in [1.807, 2.05) is 0 Å². The summed E-state index contributed by atoms with van der Waals surface area (Å²) in [6, 6.07) is 0. The van der Waals surface area contributed by atoms with Crippen molar-refractivity contribution in [1.29, 1.82) is 0 Å². The number of rotatable bonds is 2. The summed E-state index contributed by atoms with van der Waals surface area (Å²) in [6.07, 6.45) is 9.82. The quantitative estimate of drug-likeness (QED) is 0.552. The van der Waals surface area contributed by atoms with E-state index in [1.165, 1.54) is 6.42 Å². The van der Waals surface area contributed by atoms with Gasteiger partial charge in [0.25, 0.3) is 0 Å². The summed E-state index contributed by atoms with van der Waals surface area (Å²) < 4.78 is 0. The summed E-state index contributed by atoms with van der Waals surface area (Å²) in [7, 11) is 0. The molecule has 4 aliphatic carbocycles. The van der Waals surface area contributed by atoms with Gasteiger partial charge in [0.05, 0.1) is 5.41 Å². The molecule has 0 radical (unpaired) electrons. The zero-order chi connectivity index (χ0) is 18.0. The summed E-state index contributed by atoms with van der Waals surface area (Å²) in [5.41, 5.74) is -0.612. The van der Waals surface area contributed by atoms with Gasteiger partial charge in [0.2, 0.25) is 0 Å². The molecule has 0 aromatic heterocycles. The number of hydrogen-bond acceptors (Lipinski definition) is 3. The number of hydrogen-bond donors (Lipinski definition) is 0. The molecule has 25 heavy (non-hydrogen) atoms. The Morgan fingerprint density at radius 3 is 2.44 bits per heavy atom. The fourth-order valence-electron chi connectivity index (χ4n) is 7.98. The van der Waals surface area contributed by atoms with Crippen molar-refractivity contribution < 1.29 is 14.4 Å². The van der Waals surface area contributed by atoms with Crippen LogP contribution in [0.15, 0.2) is 0 Å². The molecule has 4 fully saturated rings. The fourth-order valence-corrected chi connectivity index (χ4v) is 7.98. The summed E-state index contributed by atoms with van der Waals surface area (Å²) in [4.78, 5) is 36.5. The lowest BCUT2D eigenvalue weighted by molar-refractivity contribution is -0.156. The maximum Gasteiger partial charge on any atom is 0.143 e. The minimum Gasteiger partial charge on any atom is -0.302 e. The molecular formula is C22H32O3. The monoisotopic (exact) mass is 344 g/mol. The normalized spacial score (nSPS) is 52.0. The average Bonchev–Trinajstić information content (AvgIpc) is 2.89. The van der Waals surface area contributed by atoms with Gasteiger partial charge in [0, 0.05) is 12.8 Å². The molecule has 3 heteroatoms. The van der Waals surface area contributed by atoms with Crippen molar-refractivity contribution in [3.63, 3.8) is 0 Å². The molecule has 0 spiro atoms. The van der Waals surface area contributed by atoms with E-state index in [9.17, 15) is 14.4 Å². The van der Waals surface area contributed by atoms with Gasteiger partial charge < -0.3 is 4.79 Å². The summed E-state index contributed by atoms with van der Waals surface area (Å²) in [6.45, 7) is 6.30. The molecule has 0 N–H and O–H groups in total. The van der Waals surface area contributed by atoms with Crippen molar-refractivity contribution in [3.8, 4) is 0 Å². The molecule has 0 unspecified atom stereocenters. The number of Topliss-reactive ketones (excluding diaryl/α,β-unsaturated/α-hetero) is 2. The molecule has 4 rings (SSSR count). The van der Waals surface area contributed by atoms with Crippen LogP contribution in [0.5, 0.6) is 0 Å². The second-order valence-electron chi connectivity index (χ2n) is 10.0. The van der Waals surface area contributed by atoms with Crippen LogP contribution < -0.4 is 0 Å². The number of carbonyl (C=O) groups is 3. The van der Waals surface area contributed by atoms with Crippen LogP contribution in [0, 0.1) is 39.9 Å². The summed E-state index contributed by atoms with van der Waals surface area (Å²) in [5.74, 6) is 2.90. The van der Waals surface area contributed by atoms with Gasteiger partial charge in [-0.25, -0.2) is 0 Å². The van der Waals surface area contributed by atoms with Crippen LogP contribution in [-0.2, 0) is 14.4 Å². The molecule has 0 saturated heterocycles. The van der Waals surface area contributed by atoms with E-state index in [-0.39, 0.29) is 11.2 Å². The lowest BCUT2D eigenvalue weighted by atomic mass is 9.43. The molecule has 0 aromatic carbocycles. The molecular weight excluding hydrogens is 312 g/mol. The highest BCUT2D eigenvalue weighted by molar-refractivity contribution is 5.98. The molecule has 0 aromatic rings. The first-order valence-electron chi connectivity index (χ1n) is 10.3. The zero-order valence-corrected chi connectivity index (χ0v) is 16.0. The number of fused-ring (bicyclic) bond motifs is 5. The first-order chi connectivity index (χ1) is 11.8. The van der Waals surface area contributed by atoms with E-state index in [2.05, 4.69) is 13.8 Å². The van der Waals surface area contributed by atoms with Gasteiger partial charge in [0.15, 0.2) is 0 Å². The molecule has 3 nitrogen and oxygen atoms in total. The number of aldehydes is 1. The van der Waals surface area contributed by atoms with Gasteiger partial charge in [-0.1, -0.05) is 13.8 Å². The van der Waals surface area contributed by atoms with Crippen molar-refractivity contribution in [2.45, 2.75) is 78.6 Å². The Labute approximate surface area is 151 Å². The van der Waals surface area contributed by atoms with E-state index in [0.29, 0.717) is 34.9 Å². The van der Waals surface area contributed by atoms with Crippen LogP contribution in [0.2, 0.25) is 0 Å². The van der Waals surface area contributed by atoms with Crippen molar-refractivity contribution in [1.82, 2.24) is 0 Å². The van der Waals surface area contributed by atoms with Crippen molar-refractivity contribution in [3.05, 3.63) is 0 Å². The fraction of sp³-hybridized carbons (Fsp3) is 0.864. The minimum atomic E-state index is -0.747. The molecule has 0 aliphatic heterocycles. The van der Waals surface area contributed by atoms with Crippen molar-refractivity contribution in [2.24, 2.45) is 39.9 Å². The van der Waals surface area contributed by atoms with E-state index in [1.54, 1.807) is 6.92 Å². The lowest BCUT2D eigenvalue weighted by Crippen LogP contribution is -2.56. The van der Waals surface area contributed by atoms with Crippen LogP contribution in [0.3, 0.4) is 0 Å². The first kappa shape index (κ1) is 17.4. The average molecular weight is 344 g/mol. The van der Waals surface area contributed by atoms with Crippen molar-refractivity contribution in [2.75, 3.05) is 0 Å². The maximum atomic E-state index is 12.5. The predicted octanol–water partition coefficient (Wildman–Crippen LogP) is 4.37. The molecule has 4 saturated carbocycles. The zero-order valence-electron chi connectivity index (χ0n) is 16.0. The maximum absolute atomic E-state index is 12.5. The van der Waals surface area contributed by atoms with E-state index >= 15 is 0 Å². The van der Waals surface area contributed by atoms with E-state index in [0.717, 1.165) is 57.7 Å². The van der Waals surface area contributed by atoms with Gasteiger partial charge in [-0.3, -0.25) is 9.59 Å². The minimum absolute atomic E-state index is 0.0779. The Morgan fingerprint density at radius 1 is 1.04 bits per heavy atom. The van der Waals surface area contributed by atoms with Crippen LogP contribution in [0.4, 0.5) is 0 Å². The molecule has 0 bridgehead atoms. The molecule has 4 aliphatic rings. The van der Waals surface area contributed by atoms with Crippen LogP contribution >= 0.6 is 0 Å². The number of ketones is 2. The van der Waals surface area contributed by atoms with Crippen LogP contribution in [-0.4, -0.2) is 17.9 Å². The molecule has 0 amide bonds. The van der Waals surface area contributed by atoms with Crippen LogP contribution in [0.1, 0.15) is 78.6 Å². The SMILES string of the molecule is CC(=O)[C@@]1(C=O)CC[C@H]2[C@@H]3CC[C@H]4CC(=O)CC[C@]4(C)[C@H]3CC[C@@]21C. The van der Waals surface area contributed by atoms with Gasteiger partial charge in [-0.2, -0.15) is 0 Å². The standard InChI is InChI=1S/C22H32O3/c1-14(24)22(13-23)11-8-19-17-5-4-15-12-16(25)6-9-20(15,2)18(17)7-10-21(19,22)3/h13,15,17-19H,4-12H2,1-3H3/t15-,17+,18-,19-,20-,21-,22-/m0/s1. The third-order valence-electron chi connectivity index (χ3n) is 9.57. The third kappa shape index (κ3) is 2.07. The Balaban J connectivity index is 1.68. The molecule has 0 heterocycles. The predicted molar refractivity (Wildman–Crippen MR) is 95.9 cm³/mol. The van der Waals surface area contributed by atoms with Gasteiger partial charge >= 0.3 is 0 Å². The topological polar surface area (TPSA) is 51.2 Å². The number of carbonyl (C=O) groups excluding carboxylic acids is 3. The molecule has 7 atom stereocenters. The largest absolute Gasteiger partial charge is 0.302 e. The summed E-state index contributed by atoms with van der Waals surface area (Å²) >= 11 is 0. The Kier molecular flexibility index (Phi) is 3.84. The highest BCUT2D eigenvalue weighted by Gasteiger charge is 2.66. The highest BCUT2D eigenvalue weighted by Crippen LogP contribution is 2.70. The Morgan fingerprint density at radius 2 is 1.76 bits per heavy atom. The van der Waals surface area contributed by atoms with Gasteiger partial charge in [-0.05, 0) is 86.4 Å². The smallest absolute Gasteiger partial charge is 0.143 e. The van der Waals surface area contributed by atoms with E-state index in [4.69, 9.17) is 0 Å². The summed E-state index contributed by atoms with van der Waals surface area (Å²) in [5, 5.41) is 0. The lowest BCUT2D eigenvalue weighted by Gasteiger charge is -2.61. The molecule has 138 valence electrons. The van der Waals surface area contributed by atoms with Gasteiger partial charge in [-0.15, -0.1) is 0 Å². The Hall–Kier alpha value is -0.990. The van der Waals surface area contributed by atoms with Gasteiger partial charge in [0.1, 0.15) is 17.9 Å². The first-order valence-corrected chi connectivity index (χ1v) is 10.3. The Bertz CT molecular complexity index is 625. The third-order valence-corrected chi connectivity index (χ3v) is 9.57. The van der Waals surface area contributed by atoms with Crippen LogP contribution in [0.25, 0.3) is 0 Å². The highest BCUT2D eigenvalue weighted by atomic mass is 16.1. The second kappa shape index (κ2) is 5.50. The second-order valence-corrected chi connectivity index (χ2v) is 10.0. The van der Waals surface area contributed by atoms with E-state index < -0.39 is 5.41 Å².